The summed E-state index contributed by atoms with van der Waals surface area (Å²) in [5.74, 6) is -3.05. The number of rotatable bonds is 4. The molecular weight excluding hydrogens is 305 g/mol. The molecule has 4 nitrogen and oxygen atoms in total. The molecular formula is C12H13BrFNO3. The van der Waals surface area contributed by atoms with Crippen LogP contribution in [0.15, 0.2) is 22.7 Å². The van der Waals surface area contributed by atoms with Crippen molar-refractivity contribution in [2.45, 2.75) is 19.9 Å². The molecule has 1 aromatic carbocycles. The number of aliphatic carboxylic acids is 1. The fourth-order valence-corrected chi connectivity index (χ4v) is 1.67. The van der Waals surface area contributed by atoms with Gasteiger partial charge in [-0.2, -0.15) is 0 Å². The first kappa shape index (κ1) is 14.6. The smallest absolute Gasteiger partial charge is 0.308 e. The number of hydrogen-bond acceptors (Lipinski definition) is 2. The minimum Gasteiger partial charge on any atom is -0.481 e. The largest absolute Gasteiger partial charge is 0.481 e. The number of benzene rings is 1. The lowest BCUT2D eigenvalue weighted by Crippen LogP contribution is -2.40. The Balaban J connectivity index is 2.83. The zero-order chi connectivity index (χ0) is 13.9. The summed E-state index contributed by atoms with van der Waals surface area (Å²) in [6.07, 6.45) is 0. The monoisotopic (exact) mass is 317 g/mol. The first-order chi connectivity index (χ1) is 8.34. The van der Waals surface area contributed by atoms with Gasteiger partial charge in [-0.05, 0) is 41.9 Å². The summed E-state index contributed by atoms with van der Waals surface area (Å²) < 4.78 is 13.8. The summed E-state index contributed by atoms with van der Waals surface area (Å²) >= 11 is 2.98. The Morgan fingerprint density at radius 1 is 1.39 bits per heavy atom. The van der Waals surface area contributed by atoms with E-state index in [1.54, 1.807) is 6.92 Å². The van der Waals surface area contributed by atoms with Crippen molar-refractivity contribution in [1.82, 2.24) is 5.32 Å². The number of nitrogens with one attached hydrogen (secondary N) is 1. The van der Waals surface area contributed by atoms with Gasteiger partial charge in [0.25, 0.3) is 5.91 Å². The van der Waals surface area contributed by atoms with Crippen molar-refractivity contribution in [3.8, 4) is 0 Å². The molecule has 0 aliphatic rings. The van der Waals surface area contributed by atoms with Crippen LogP contribution in [0.5, 0.6) is 0 Å². The molecule has 98 valence electrons. The fraction of sp³-hybridized carbons (Fsp3) is 0.333. The number of halogens is 2. The molecule has 0 saturated carbocycles. The van der Waals surface area contributed by atoms with E-state index >= 15 is 0 Å². The summed E-state index contributed by atoms with van der Waals surface area (Å²) in [5, 5.41) is 11.3. The van der Waals surface area contributed by atoms with Crippen LogP contribution in [0.25, 0.3) is 0 Å². The molecule has 0 saturated heterocycles. The molecule has 1 aromatic rings. The van der Waals surface area contributed by atoms with Crippen LogP contribution in [0.2, 0.25) is 0 Å². The van der Waals surface area contributed by atoms with E-state index in [2.05, 4.69) is 21.2 Å². The number of carboxylic acid groups (broad SMARTS) is 1. The number of hydrogen-bond donors (Lipinski definition) is 2. The van der Waals surface area contributed by atoms with Gasteiger partial charge in [0.2, 0.25) is 0 Å². The predicted molar refractivity (Wildman–Crippen MR) is 67.8 cm³/mol. The molecule has 18 heavy (non-hydrogen) atoms. The highest BCUT2D eigenvalue weighted by molar-refractivity contribution is 9.10. The molecule has 1 rings (SSSR count). The van der Waals surface area contributed by atoms with Gasteiger partial charge in [-0.3, -0.25) is 9.59 Å². The Kier molecular flexibility index (Phi) is 4.84. The van der Waals surface area contributed by atoms with Crippen LogP contribution in [0.1, 0.15) is 24.2 Å². The van der Waals surface area contributed by atoms with Crippen molar-refractivity contribution in [1.29, 1.82) is 0 Å². The maximum Gasteiger partial charge on any atom is 0.308 e. The van der Waals surface area contributed by atoms with Crippen LogP contribution in [-0.4, -0.2) is 23.0 Å². The third-order valence-corrected chi connectivity index (χ3v) is 3.31. The molecule has 0 spiro atoms. The second-order valence-electron chi connectivity index (χ2n) is 3.99. The summed E-state index contributed by atoms with van der Waals surface area (Å²) in [6, 6.07) is 3.77. The normalized spacial score (nSPS) is 13.8. The Labute approximate surface area is 112 Å². The summed E-state index contributed by atoms with van der Waals surface area (Å²) in [7, 11) is 0. The Bertz CT molecular complexity index is 478. The Morgan fingerprint density at radius 3 is 2.56 bits per heavy atom. The standard InChI is InChI=1S/C12H13BrFNO3/c1-6(12(17)18)7(2)15-11(16)8-4-3-5-9(13)10(8)14/h3-7H,1-2H3,(H,15,16)(H,17,18). The number of carboxylic acids is 1. The number of amides is 1. The molecule has 0 aliphatic carbocycles. The van der Waals surface area contributed by atoms with E-state index in [0.29, 0.717) is 0 Å². The van der Waals surface area contributed by atoms with Gasteiger partial charge >= 0.3 is 5.97 Å². The maximum atomic E-state index is 13.6. The zero-order valence-electron chi connectivity index (χ0n) is 9.91. The van der Waals surface area contributed by atoms with E-state index in [0.717, 1.165) is 0 Å². The molecule has 0 heterocycles. The van der Waals surface area contributed by atoms with Crippen LogP contribution in [0.3, 0.4) is 0 Å². The SMILES string of the molecule is CC(NC(=O)c1cccc(Br)c1F)C(C)C(=O)O. The molecule has 6 heteroatoms. The van der Waals surface area contributed by atoms with Gasteiger partial charge in [-0.15, -0.1) is 0 Å². The van der Waals surface area contributed by atoms with Gasteiger partial charge in [-0.25, -0.2) is 4.39 Å². The van der Waals surface area contributed by atoms with Gasteiger partial charge in [-0.1, -0.05) is 6.07 Å². The van der Waals surface area contributed by atoms with Gasteiger partial charge in [0.15, 0.2) is 0 Å². The molecule has 0 aliphatic heterocycles. The van der Waals surface area contributed by atoms with E-state index in [1.807, 2.05) is 0 Å². The van der Waals surface area contributed by atoms with Gasteiger partial charge in [0, 0.05) is 6.04 Å². The second-order valence-corrected chi connectivity index (χ2v) is 4.84. The van der Waals surface area contributed by atoms with Crippen molar-refractivity contribution in [3.63, 3.8) is 0 Å². The van der Waals surface area contributed by atoms with Crippen LogP contribution < -0.4 is 5.32 Å². The average Bonchev–Trinajstić information content (AvgIpc) is 2.31. The first-order valence-corrected chi connectivity index (χ1v) is 6.11. The summed E-state index contributed by atoms with van der Waals surface area (Å²) in [4.78, 5) is 22.5. The highest BCUT2D eigenvalue weighted by atomic mass is 79.9. The quantitative estimate of drug-likeness (QED) is 0.896. The Hall–Kier alpha value is -1.43. The highest BCUT2D eigenvalue weighted by Gasteiger charge is 2.23. The van der Waals surface area contributed by atoms with Crippen molar-refractivity contribution in [2.75, 3.05) is 0 Å². The zero-order valence-corrected chi connectivity index (χ0v) is 11.5. The van der Waals surface area contributed by atoms with E-state index in [9.17, 15) is 14.0 Å². The summed E-state index contributed by atoms with van der Waals surface area (Å²) in [6.45, 7) is 3.04. The fourth-order valence-electron chi connectivity index (χ4n) is 1.30. The molecule has 2 atom stereocenters. The lowest BCUT2D eigenvalue weighted by Gasteiger charge is -2.18. The molecule has 0 fully saturated rings. The molecule has 0 aromatic heterocycles. The number of carbonyl (C=O) groups is 2. The Morgan fingerprint density at radius 2 is 2.00 bits per heavy atom. The van der Waals surface area contributed by atoms with E-state index in [1.165, 1.54) is 25.1 Å². The molecule has 2 N–H and O–H groups in total. The van der Waals surface area contributed by atoms with Gasteiger partial charge < -0.3 is 10.4 Å². The summed E-state index contributed by atoms with van der Waals surface area (Å²) in [5.41, 5.74) is -0.117. The molecule has 0 radical (unpaired) electrons. The minimum atomic E-state index is -1.02. The van der Waals surface area contributed by atoms with Crippen LogP contribution in [0.4, 0.5) is 4.39 Å². The van der Waals surface area contributed by atoms with Crippen molar-refractivity contribution >= 4 is 27.8 Å². The predicted octanol–water partition coefficient (Wildman–Crippen LogP) is 2.43. The van der Waals surface area contributed by atoms with Gasteiger partial charge in [0.1, 0.15) is 5.82 Å². The minimum absolute atomic E-state index is 0.117. The highest BCUT2D eigenvalue weighted by Crippen LogP contribution is 2.18. The van der Waals surface area contributed by atoms with Crippen LogP contribution in [-0.2, 0) is 4.79 Å². The third kappa shape index (κ3) is 3.29. The third-order valence-electron chi connectivity index (χ3n) is 2.69. The van der Waals surface area contributed by atoms with Crippen LogP contribution in [0, 0.1) is 11.7 Å². The van der Waals surface area contributed by atoms with E-state index in [4.69, 9.17) is 5.11 Å². The van der Waals surface area contributed by atoms with Crippen molar-refractivity contribution in [2.24, 2.45) is 5.92 Å². The molecule has 1 amide bonds. The first-order valence-electron chi connectivity index (χ1n) is 5.32. The lowest BCUT2D eigenvalue weighted by molar-refractivity contribution is -0.141. The van der Waals surface area contributed by atoms with E-state index < -0.39 is 29.7 Å². The average molecular weight is 318 g/mol. The van der Waals surface area contributed by atoms with Crippen LogP contribution >= 0.6 is 15.9 Å². The molecule has 2 unspecified atom stereocenters. The lowest BCUT2D eigenvalue weighted by atomic mass is 10.0. The van der Waals surface area contributed by atoms with Gasteiger partial charge in [0.05, 0.1) is 16.0 Å². The maximum absolute atomic E-state index is 13.6. The number of carbonyl (C=O) groups excluding carboxylic acids is 1. The van der Waals surface area contributed by atoms with Crippen molar-refractivity contribution in [3.05, 3.63) is 34.1 Å². The topological polar surface area (TPSA) is 66.4 Å². The van der Waals surface area contributed by atoms with Crippen molar-refractivity contribution < 1.29 is 19.1 Å². The molecule has 0 bridgehead atoms. The van der Waals surface area contributed by atoms with E-state index in [-0.39, 0.29) is 10.0 Å². The second kappa shape index (κ2) is 5.95.